The summed E-state index contributed by atoms with van der Waals surface area (Å²) in [4.78, 5) is 0. The number of halogens is 2. The summed E-state index contributed by atoms with van der Waals surface area (Å²) in [6, 6.07) is 3.69. The van der Waals surface area contributed by atoms with Crippen LogP contribution in [0.25, 0.3) is 0 Å². The van der Waals surface area contributed by atoms with Crippen LogP contribution in [0.3, 0.4) is 0 Å². The SMILES string of the molecule is CC1(C)CC(N)c2c(Br)ccc(Cl)c2O1. The third-order valence-corrected chi connectivity index (χ3v) is 3.54. The van der Waals surface area contributed by atoms with Crippen LogP contribution in [-0.2, 0) is 0 Å². The highest BCUT2D eigenvalue weighted by Gasteiger charge is 2.34. The standard InChI is InChI=1S/C11H13BrClNO/c1-11(2)5-8(14)9-6(12)3-4-7(13)10(9)15-11/h3-4,8H,5,14H2,1-2H3. The fourth-order valence-corrected chi connectivity index (χ4v) is 2.76. The minimum atomic E-state index is -0.253. The Kier molecular flexibility index (Phi) is 2.73. The van der Waals surface area contributed by atoms with Gasteiger partial charge in [0.25, 0.3) is 0 Å². The number of hydrogen-bond acceptors (Lipinski definition) is 2. The summed E-state index contributed by atoms with van der Waals surface area (Å²) in [6.07, 6.45) is 0.791. The first-order valence-corrected chi connectivity index (χ1v) is 6.00. The molecule has 1 heterocycles. The number of fused-ring (bicyclic) bond motifs is 1. The van der Waals surface area contributed by atoms with Crippen molar-refractivity contribution in [2.45, 2.75) is 31.9 Å². The summed E-state index contributed by atoms with van der Waals surface area (Å²) in [5.74, 6) is 0.717. The highest BCUT2D eigenvalue weighted by atomic mass is 79.9. The zero-order valence-corrected chi connectivity index (χ0v) is 11.0. The molecule has 0 radical (unpaired) electrons. The van der Waals surface area contributed by atoms with Gasteiger partial charge in [-0.15, -0.1) is 0 Å². The van der Waals surface area contributed by atoms with Gasteiger partial charge in [0.1, 0.15) is 11.4 Å². The van der Waals surface area contributed by atoms with E-state index < -0.39 is 0 Å². The van der Waals surface area contributed by atoms with E-state index in [0.717, 1.165) is 22.2 Å². The molecule has 0 amide bonds. The second-order valence-corrected chi connectivity index (χ2v) is 5.71. The van der Waals surface area contributed by atoms with Crippen LogP contribution in [0.2, 0.25) is 5.02 Å². The Morgan fingerprint density at radius 3 is 2.87 bits per heavy atom. The summed E-state index contributed by atoms with van der Waals surface area (Å²) in [5.41, 5.74) is 6.84. The number of benzene rings is 1. The lowest BCUT2D eigenvalue weighted by Crippen LogP contribution is -2.37. The van der Waals surface area contributed by atoms with Crippen molar-refractivity contribution >= 4 is 27.5 Å². The molecule has 0 fully saturated rings. The lowest BCUT2D eigenvalue weighted by atomic mass is 9.90. The first-order chi connectivity index (χ1) is 6.91. The van der Waals surface area contributed by atoms with E-state index in [1.54, 1.807) is 0 Å². The molecule has 0 saturated heterocycles. The van der Waals surface area contributed by atoms with Crippen molar-refractivity contribution in [2.75, 3.05) is 0 Å². The third kappa shape index (κ3) is 2.01. The lowest BCUT2D eigenvalue weighted by Gasteiger charge is -2.37. The number of ether oxygens (including phenoxy) is 1. The molecule has 1 atom stereocenters. The van der Waals surface area contributed by atoms with E-state index in [-0.39, 0.29) is 11.6 Å². The smallest absolute Gasteiger partial charge is 0.144 e. The van der Waals surface area contributed by atoms with Crippen LogP contribution in [0.4, 0.5) is 0 Å². The minimum Gasteiger partial charge on any atom is -0.486 e. The molecule has 0 aliphatic carbocycles. The van der Waals surface area contributed by atoms with Crippen molar-refractivity contribution in [1.82, 2.24) is 0 Å². The molecule has 1 unspecified atom stereocenters. The van der Waals surface area contributed by atoms with Crippen LogP contribution >= 0.6 is 27.5 Å². The molecule has 1 aliphatic rings. The Balaban J connectivity index is 2.59. The Bertz CT molecular complexity index is 406. The lowest BCUT2D eigenvalue weighted by molar-refractivity contribution is 0.0727. The molecule has 0 aromatic heterocycles. The molecule has 2 N–H and O–H groups in total. The Labute approximate surface area is 103 Å². The van der Waals surface area contributed by atoms with Gasteiger partial charge in [0.05, 0.1) is 5.02 Å². The first kappa shape index (κ1) is 11.2. The molecular formula is C11H13BrClNO. The zero-order chi connectivity index (χ0) is 11.2. The summed E-state index contributed by atoms with van der Waals surface area (Å²) in [7, 11) is 0. The van der Waals surface area contributed by atoms with Gasteiger partial charge in [-0.3, -0.25) is 0 Å². The zero-order valence-electron chi connectivity index (χ0n) is 8.68. The number of nitrogens with two attached hydrogens (primary N) is 1. The quantitative estimate of drug-likeness (QED) is 0.791. The van der Waals surface area contributed by atoms with Gasteiger partial charge in [0.2, 0.25) is 0 Å². The van der Waals surface area contributed by atoms with Crippen molar-refractivity contribution in [3.8, 4) is 5.75 Å². The average molecular weight is 291 g/mol. The van der Waals surface area contributed by atoms with E-state index >= 15 is 0 Å². The maximum absolute atomic E-state index is 6.12. The highest BCUT2D eigenvalue weighted by Crippen LogP contribution is 2.45. The maximum atomic E-state index is 6.12. The summed E-state index contributed by atoms with van der Waals surface area (Å²) < 4.78 is 6.82. The van der Waals surface area contributed by atoms with Gasteiger partial charge < -0.3 is 10.5 Å². The minimum absolute atomic E-state index is 0.0307. The van der Waals surface area contributed by atoms with Crippen LogP contribution in [0.5, 0.6) is 5.75 Å². The van der Waals surface area contributed by atoms with E-state index in [1.165, 1.54) is 0 Å². The van der Waals surface area contributed by atoms with Crippen LogP contribution in [-0.4, -0.2) is 5.60 Å². The maximum Gasteiger partial charge on any atom is 0.144 e. The van der Waals surface area contributed by atoms with Crippen molar-refractivity contribution in [3.05, 3.63) is 27.2 Å². The van der Waals surface area contributed by atoms with Crippen LogP contribution < -0.4 is 10.5 Å². The molecule has 4 heteroatoms. The molecule has 1 aromatic rings. The van der Waals surface area contributed by atoms with Gasteiger partial charge in [0.15, 0.2) is 0 Å². The Hall–Kier alpha value is -0.250. The van der Waals surface area contributed by atoms with E-state index in [4.69, 9.17) is 22.1 Å². The van der Waals surface area contributed by atoms with E-state index in [0.29, 0.717) is 5.02 Å². The predicted molar refractivity (Wildman–Crippen MR) is 65.4 cm³/mol. The summed E-state index contributed by atoms with van der Waals surface area (Å²) in [5, 5.41) is 0.622. The van der Waals surface area contributed by atoms with Gasteiger partial charge in [-0.1, -0.05) is 27.5 Å². The molecule has 0 bridgehead atoms. The molecule has 1 aliphatic heterocycles. The number of rotatable bonds is 0. The highest BCUT2D eigenvalue weighted by molar-refractivity contribution is 9.10. The molecule has 1 aromatic carbocycles. The largest absolute Gasteiger partial charge is 0.486 e. The molecule has 82 valence electrons. The molecule has 2 nitrogen and oxygen atoms in total. The van der Waals surface area contributed by atoms with Gasteiger partial charge in [-0.05, 0) is 26.0 Å². The van der Waals surface area contributed by atoms with Crippen LogP contribution in [0.1, 0.15) is 31.9 Å². The summed E-state index contributed by atoms with van der Waals surface area (Å²) >= 11 is 9.58. The average Bonchev–Trinajstić information content (AvgIpc) is 2.09. The van der Waals surface area contributed by atoms with Crippen molar-refractivity contribution in [2.24, 2.45) is 5.73 Å². The van der Waals surface area contributed by atoms with Gasteiger partial charge in [0, 0.05) is 22.5 Å². The predicted octanol–water partition coefficient (Wildman–Crippen LogP) is 3.66. The normalized spacial score (nSPS) is 23.1. The molecule has 0 spiro atoms. The molecular weight excluding hydrogens is 277 g/mol. The van der Waals surface area contributed by atoms with Crippen molar-refractivity contribution < 1.29 is 4.74 Å². The number of hydrogen-bond donors (Lipinski definition) is 1. The topological polar surface area (TPSA) is 35.2 Å². The Morgan fingerprint density at radius 1 is 1.53 bits per heavy atom. The monoisotopic (exact) mass is 289 g/mol. The second-order valence-electron chi connectivity index (χ2n) is 4.44. The van der Waals surface area contributed by atoms with Crippen molar-refractivity contribution in [1.29, 1.82) is 0 Å². The van der Waals surface area contributed by atoms with Gasteiger partial charge in [-0.25, -0.2) is 0 Å². The van der Waals surface area contributed by atoms with Crippen LogP contribution in [0.15, 0.2) is 16.6 Å². The van der Waals surface area contributed by atoms with Gasteiger partial charge in [-0.2, -0.15) is 0 Å². The van der Waals surface area contributed by atoms with Crippen LogP contribution in [0, 0.1) is 0 Å². The first-order valence-electron chi connectivity index (χ1n) is 4.83. The molecule has 15 heavy (non-hydrogen) atoms. The van der Waals surface area contributed by atoms with Gasteiger partial charge >= 0.3 is 0 Å². The second kappa shape index (κ2) is 3.65. The van der Waals surface area contributed by atoms with E-state index in [1.807, 2.05) is 26.0 Å². The molecule has 0 saturated carbocycles. The fourth-order valence-electron chi connectivity index (χ4n) is 1.95. The van der Waals surface area contributed by atoms with E-state index in [2.05, 4.69) is 15.9 Å². The summed E-state index contributed by atoms with van der Waals surface area (Å²) in [6.45, 7) is 4.04. The molecule has 2 rings (SSSR count). The fraction of sp³-hybridized carbons (Fsp3) is 0.455. The Morgan fingerprint density at radius 2 is 2.20 bits per heavy atom. The van der Waals surface area contributed by atoms with E-state index in [9.17, 15) is 0 Å². The van der Waals surface area contributed by atoms with Crippen molar-refractivity contribution in [3.63, 3.8) is 0 Å². The third-order valence-electron chi connectivity index (χ3n) is 2.56.